The fraction of sp³-hybridized carbons (Fsp3) is 0.0714. The Morgan fingerprint density at radius 1 is 1.11 bits per heavy atom. The minimum atomic E-state index is 0.637. The van der Waals surface area contributed by atoms with E-state index in [-0.39, 0.29) is 0 Å². The topological polar surface area (TPSA) is 35.8 Å². The standard InChI is InChI=1S/C14H11BrN2S/c1-18-13-6-4-11(5-7-13)17-12-3-2-10(9-16)14(15)8-12/h2-8,17H,1H3. The highest BCUT2D eigenvalue weighted by molar-refractivity contribution is 9.10. The van der Waals surface area contributed by atoms with E-state index in [2.05, 4.69) is 45.7 Å². The Balaban J connectivity index is 2.18. The molecule has 2 rings (SSSR count). The lowest BCUT2D eigenvalue weighted by Crippen LogP contribution is -1.90. The third-order valence-corrected chi connectivity index (χ3v) is 3.87. The summed E-state index contributed by atoms with van der Waals surface area (Å²) < 4.78 is 0.802. The molecule has 0 fully saturated rings. The summed E-state index contributed by atoms with van der Waals surface area (Å²) in [6.07, 6.45) is 2.06. The first-order valence-electron chi connectivity index (χ1n) is 5.33. The summed E-state index contributed by atoms with van der Waals surface area (Å²) in [6.45, 7) is 0. The summed E-state index contributed by atoms with van der Waals surface area (Å²) in [7, 11) is 0. The molecule has 0 amide bonds. The number of halogens is 1. The molecule has 0 radical (unpaired) electrons. The van der Waals surface area contributed by atoms with Crippen molar-refractivity contribution < 1.29 is 0 Å². The number of hydrogen-bond donors (Lipinski definition) is 1. The Hall–Kier alpha value is -1.44. The summed E-state index contributed by atoms with van der Waals surface area (Å²) >= 11 is 5.10. The van der Waals surface area contributed by atoms with Gasteiger partial charge in [0.2, 0.25) is 0 Å². The van der Waals surface area contributed by atoms with Gasteiger partial charge >= 0.3 is 0 Å². The minimum absolute atomic E-state index is 0.637. The summed E-state index contributed by atoms with van der Waals surface area (Å²) in [5, 5.41) is 12.2. The van der Waals surface area contributed by atoms with Crippen LogP contribution >= 0.6 is 27.7 Å². The van der Waals surface area contributed by atoms with E-state index in [1.54, 1.807) is 17.8 Å². The molecule has 0 saturated carbocycles. The van der Waals surface area contributed by atoms with Crippen LogP contribution in [0.5, 0.6) is 0 Å². The number of nitriles is 1. The first-order chi connectivity index (χ1) is 8.72. The monoisotopic (exact) mass is 318 g/mol. The molecule has 18 heavy (non-hydrogen) atoms. The average molecular weight is 319 g/mol. The second-order valence-corrected chi connectivity index (χ2v) is 5.39. The Labute approximate surface area is 119 Å². The third-order valence-electron chi connectivity index (χ3n) is 2.47. The van der Waals surface area contributed by atoms with E-state index in [4.69, 9.17) is 5.26 Å². The smallest absolute Gasteiger partial charge is 0.100 e. The van der Waals surface area contributed by atoms with E-state index >= 15 is 0 Å². The molecular formula is C14H11BrN2S. The Kier molecular flexibility index (Phi) is 4.29. The van der Waals surface area contributed by atoms with Crippen molar-refractivity contribution in [2.75, 3.05) is 11.6 Å². The van der Waals surface area contributed by atoms with Gasteiger partial charge < -0.3 is 5.32 Å². The largest absolute Gasteiger partial charge is 0.355 e. The summed E-state index contributed by atoms with van der Waals surface area (Å²) in [4.78, 5) is 1.24. The fourth-order valence-corrected chi connectivity index (χ4v) is 2.40. The van der Waals surface area contributed by atoms with Crippen molar-refractivity contribution in [3.8, 4) is 6.07 Å². The molecule has 0 unspecified atom stereocenters. The SMILES string of the molecule is CSc1ccc(Nc2ccc(C#N)c(Br)c2)cc1. The third kappa shape index (κ3) is 3.06. The number of nitrogens with zero attached hydrogens (tertiary/aromatic N) is 1. The number of thioether (sulfide) groups is 1. The number of rotatable bonds is 3. The average Bonchev–Trinajstić information content (AvgIpc) is 2.40. The van der Waals surface area contributed by atoms with Crippen molar-refractivity contribution in [3.63, 3.8) is 0 Å². The van der Waals surface area contributed by atoms with Crippen molar-refractivity contribution in [3.05, 3.63) is 52.5 Å². The van der Waals surface area contributed by atoms with Gasteiger partial charge in [0.25, 0.3) is 0 Å². The second-order valence-electron chi connectivity index (χ2n) is 3.66. The van der Waals surface area contributed by atoms with Gasteiger partial charge in [-0.15, -0.1) is 11.8 Å². The zero-order valence-electron chi connectivity index (χ0n) is 9.77. The van der Waals surface area contributed by atoms with Crippen molar-refractivity contribution in [2.24, 2.45) is 0 Å². The molecule has 90 valence electrons. The zero-order chi connectivity index (χ0) is 13.0. The Bertz CT molecular complexity index is 588. The summed E-state index contributed by atoms with van der Waals surface area (Å²) in [5.41, 5.74) is 2.63. The highest BCUT2D eigenvalue weighted by Gasteiger charge is 2.01. The Morgan fingerprint density at radius 3 is 2.33 bits per heavy atom. The number of hydrogen-bond acceptors (Lipinski definition) is 3. The quantitative estimate of drug-likeness (QED) is 0.827. The van der Waals surface area contributed by atoms with Gasteiger partial charge in [0.05, 0.1) is 5.56 Å². The van der Waals surface area contributed by atoms with Gasteiger partial charge in [-0.2, -0.15) is 5.26 Å². The van der Waals surface area contributed by atoms with Crippen LogP contribution in [0.25, 0.3) is 0 Å². The van der Waals surface area contributed by atoms with Crippen LogP contribution < -0.4 is 5.32 Å². The number of anilines is 2. The van der Waals surface area contributed by atoms with Crippen molar-refractivity contribution >= 4 is 39.1 Å². The first-order valence-corrected chi connectivity index (χ1v) is 7.35. The second kappa shape index (κ2) is 5.94. The highest BCUT2D eigenvalue weighted by Crippen LogP contribution is 2.25. The lowest BCUT2D eigenvalue weighted by molar-refractivity contribution is 1.43. The maximum atomic E-state index is 8.85. The lowest BCUT2D eigenvalue weighted by Gasteiger charge is -2.08. The van der Waals surface area contributed by atoms with Gasteiger partial charge in [0.1, 0.15) is 6.07 Å². The predicted molar refractivity (Wildman–Crippen MR) is 80.4 cm³/mol. The molecule has 2 nitrogen and oxygen atoms in total. The molecule has 0 spiro atoms. The van der Waals surface area contributed by atoms with Gasteiger partial charge in [0, 0.05) is 20.7 Å². The predicted octanol–water partition coefficient (Wildman–Crippen LogP) is 4.79. The number of nitrogens with one attached hydrogen (secondary N) is 1. The summed E-state index contributed by atoms with van der Waals surface area (Å²) in [6, 6.07) is 15.9. The van der Waals surface area contributed by atoms with Crippen LogP contribution in [0.1, 0.15) is 5.56 Å². The number of benzene rings is 2. The molecule has 1 N–H and O–H groups in total. The molecule has 2 aromatic carbocycles. The van der Waals surface area contributed by atoms with Gasteiger partial charge in [-0.1, -0.05) is 0 Å². The maximum Gasteiger partial charge on any atom is 0.100 e. The molecule has 0 heterocycles. The van der Waals surface area contributed by atoms with Gasteiger partial charge in [-0.05, 0) is 64.7 Å². The van der Waals surface area contributed by atoms with Crippen LogP contribution in [0.3, 0.4) is 0 Å². The van der Waals surface area contributed by atoms with Crippen LogP contribution in [0, 0.1) is 11.3 Å². The Morgan fingerprint density at radius 2 is 1.78 bits per heavy atom. The molecule has 0 saturated heterocycles. The molecule has 2 aromatic rings. The zero-order valence-corrected chi connectivity index (χ0v) is 12.2. The van der Waals surface area contributed by atoms with Crippen molar-refractivity contribution in [1.29, 1.82) is 5.26 Å². The molecule has 0 aliphatic heterocycles. The first kappa shape index (κ1) is 13.0. The van der Waals surface area contributed by atoms with Gasteiger partial charge in [-0.3, -0.25) is 0 Å². The van der Waals surface area contributed by atoms with E-state index in [0.717, 1.165) is 15.8 Å². The molecule has 4 heteroatoms. The maximum absolute atomic E-state index is 8.85. The molecule has 0 aliphatic carbocycles. The van der Waals surface area contributed by atoms with E-state index in [1.165, 1.54) is 4.90 Å². The van der Waals surface area contributed by atoms with Crippen LogP contribution in [0.4, 0.5) is 11.4 Å². The minimum Gasteiger partial charge on any atom is -0.355 e. The van der Waals surface area contributed by atoms with Crippen LogP contribution in [-0.4, -0.2) is 6.26 Å². The van der Waals surface area contributed by atoms with Crippen LogP contribution in [0.15, 0.2) is 51.8 Å². The van der Waals surface area contributed by atoms with Crippen LogP contribution in [0.2, 0.25) is 0 Å². The molecule has 0 aromatic heterocycles. The summed E-state index contributed by atoms with van der Waals surface area (Å²) in [5.74, 6) is 0. The molecule has 0 bridgehead atoms. The fourth-order valence-electron chi connectivity index (χ4n) is 1.52. The highest BCUT2D eigenvalue weighted by atomic mass is 79.9. The van der Waals surface area contributed by atoms with E-state index in [0.29, 0.717) is 5.56 Å². The van der Waals surface area contributed by atoms with Crippen LogP contribution in [-0.2, 0) is 0 Å². The van der Waals surface area contributed by atoms with E-state index in [1.807, 2.05) is 24.3 Å². The van der Waals surface area contributed by atoms with Gasteiger partial charge in [0.15, 0.2) is 0 Å². The normalized spacial score (nSPS) is 9.83. The molecule has 0 aliphatic rings. The van der Waals surface area contributed by atoms with E-state index < -0.39 is 0 Å². The van der Waals surface area contributed by atoms with Crippen molar-refractivity contribution in [2.45, 2.75) is 4.90 Å². The molecule has 0 atom stereocenters. The van der Waals surface area contributed by atoms with E-state index in [9.17, 15) is 0 Å². The lowest BCUT2D eigenvalue weighted by atomic mass is 10.2. The van der Waals surface area contributed by atoms with Gasteiger partial charge in [-0.25, -0.2) is 0 Å². The van der Waals surface area contributed by atoms with Crippen molar-refractivity contribution in [1.82, 2.24) is 0 Å². The molecular weight excluding hydrogens is 308 g/mol.